The first-order chi connectivity index (χ1) is 12.1. The van der Waals surface area contributed by atoms with Crippen molar-refractivity contribution in [1.29, 1.82) is 0 Å². The van der Waals surface area contributed by atoms with Crippen LogP contribution in [0.25, 0.3) is 0 Å². The molecule has 1 atom stereocenters. The van der Waals surface area contributed by atoms with Crippen molar-refractivity contribution in [2.24, 2.45) is 4.99 Å². The highest BCUT2D eigenvalue weighted by molar-refractivity contribution is 8.13. The summed E-state index contributed by atoms with van der Waals surface area (Å²) in [6, 6.07) is 17.9. The number of para-hydroxylation sites is 1. The number of amidine groups is 1. The van der Waals surface area contributed by atoms with E-state index in [1.165, 1.54) is 11.1 Å². The van der Waals surface area contributed by atoms with Crippen LogP contribution in [0.4, 0.5) is 0 Å². The molecule has 0 spiro atoms. The third kappa shape index (κ3) is 4.63. The van der Waals surface area contributed by atoms with Gasteiger partial charge in [-0.3, -0.25) is 14.7 Å². The molecule has 0 fully saturated rings. The summed E-state index contributed by atoms with van der Waals surface area (Å²) in [7, 11) is 0. The number of thioether (sulfide) groups is 1. The molecule has 1 amide bonds. The molecule has 0 bridgehead atoms. The van der Waals surface area contributed by atoms with Crippen molar-refractivity contribution in [1.82, 2.24) is 4.90 Å². The van der Waals surface area contributed by atoms with Crippen molar-refractivity contribution < 1.29 is 9.53 Å². The second kappa shape index (κ2) is 8.21. The van der Waals surface area contributed by atoms with Gasteiger partial charge in [-0.25, -0.2) is 0 Å². The Kier molecular flexibility index (Phi) is 5.76. The van der Waals surface area contributed by atoms with E-state index >= 15 is 0 Å². The first-order valence-electron chi connectivity index (χ1n) is 8.39. The van der Waals surface area contributed by atoms with Gasteiger partial charge in [-0.15, -0.1) is 0 Å². The number of ether oxygens (including phenoxy) is 1. The van der Waals surface area contributed by atoms with Crippen LogP contribution in [0.15, 0.2) is 59.6 Å². The van der Waals surface area contributed by atoms with Gasteiger partial charge < -0.3 is 4.74 Å². The summed E-state index contributed by atoms with van der Waals surface area (Å²) in [5.74, 6) is 1.46. The summed E-state index contributed by atoms with van der Waals surface area (Å²) < 4.78 is 5.76. The van der Waals surface area contributed by atoms with Crippen LogP contribution < -0.4 is 4.74 Å². The Morgan fingerprint density at radius 1 is 1.20 bits per heavy atom. The number of aliphatic imine (C=N–C) groups is 1. The van der Waals surface area contributed by atoms with Crippen molar-refractivity contribution in [3.63, 3.8) is 0 Å². The molecule has 25 heavy (non-hydrogen) atoms. The molecule has 2 aromatic rings. The highest BCUT2D eigenvalue weighted by Gasteiger charge is 2.29. The predicted octanol–water partition coefficient (Wildman–Crippen LogP) is 3.89. The Balaban J connectivity index is 1.58. The van der Waals surface area contributed by atoms with Gasteiger partial charge in [0.05, 0.1) is 6.54 Å². The average Bonchev–Trinajstić information content (AvgIpc) is 3.10. The largest absolute Gasteiger partial charge is 0.481 e. The second-order valence-corrected chi connectivity index (χ2v) is 6.94. The summed E-state index contributed by atoms with van der Waals surface area (Å²) in [5.41, 5.74) is 2.47. The zero-order valence-corrected chi connectivity index (χ0v) is 15.3. The summed E-state index contributed by atoms with van der Waals surface area (Å²) in [6.07, 6.45) is -0.536. The maximum absolute atomic E-state index is 12.7. The molecule has 130 valence electrons. The summed E-state index contributed by atoms with van der Waals surface area (Å²) in [5, 5.41) is 0.786. The molecule has 3 rings (SSSR count). The van der Waals surface area contributed by atoms with Gasteiger partial charge in [-0.2, -0.15) is 0 Å². The maximum Gasteiger partial charge on any atom is 0.269 e. The third-order valence-electron chi connectivity index (χ3n) is 3.96. The third-order valence-corrected chi connectivity index (χ3v) is 5.05. The van der Waals surface area contributed by atoms with E-state index in [-0.39, 0.29) is 5.91 Å². The van der Waals surface area contributed by atoms with Crippen molar-refractivity contribution >= 4 is 22.8 Å². The standard InChI is InChI=1S/C20H22N2O2S/c1-15-8-10-17(11-9-15)14-25-20-21-12-13-22(20)19(23)16(2)24-18-6-4-3-5-7-18/h3-11,16H,12-14H2,1-2H3/t16-/m1/s1. The number of nitrogens with zero attached hydrogens (tertiary/aromatic N) is 2. The molecule has 0 aliphatic carbocycles. The van der Waals surface area contributed by atoms with Crippen LogP contribution in [0.3, 0.4) is 0 Å². The Morgan fingerprint density at radius 3 is 2.64 bits per heavy atom. The number of benzene rings is 2. The summed E-state index contributed by atoms with van der Waals surface area (Å²) in [6.45, 7) is 5.14. The fourth-order valence-corrected chi connectivity index (χ4v) is 3.57. The number of carbonyl (C=O) groups excluding carboxylic acids is 1. The van der Waals surface area contributed by atoms with Crippen molar-refractivity contribution in [2.45, 2.75) is 25.7 Å². The Hall–Kier alpha value is -2.27. The Bertz CT molecular complexity index is 744. The van der Waals surface area contributed by atoms with Crippen molar-refractivity contribution in [2.75, 3.05) is 13.1 Å². The van der Waals surface area contributed by atoms with Gasteiger partial charge in [-0.1, -0.05) is 59.8 Å². The van der Waals surface area contributed by atoms with Crippen molar-refractivity contribution in [3.05, 3.63) is 65.7 Å². The van der Waals surface area contributed by atoms with Gasteiger partial charge in [0.15, 0.2) is 11.3 Å². The van der Waals surface area contributed by atoms with E-state index in [1.807, 2.05) is 30.3 Å². The normalized spacial score (nSPS) is 15.0. The van der Waals surface area contributed by atoms with E-state index in [9.17, 15) is 4.79 Å². The zero-order chi connectivity index (χ0) is 17.6. The quantitative estimate of drug-likeness (QED) is 0.818. The van der Waals surface area contributed by atoms with E-state index in [0.717, 1.165) is 10.9 Å². The molecular weight excluding hydrogens is 332 g/mol. The van der Waals surface area contributed by atoms with Crippen LogP contribution in [0.1, 0.15) is 18.1 Å². The zero-order valence-electron chi connectivity index (χ0n) is 14.5. The SMILES string of the molecule is Cc1ccc(CSC2=NCCN2C(=O)[C@@H](C)Oc2ccccc2)cc1. The first-order valence-corrected chi connectivity index (χ1v) is 9.38. The molecule has 0 saturated carbocycles. The van der Waals surface area contributed by atoms with E-state index in [0.29, 0.717) is 18.8 Å². The molecule has 2 aromatic carbocycles. The van der Waals surface area contributed by atoms with E-state index in [1.54, 1.807) is 23.6 Å². The van der Waals surface area contributed by atoms with Crippen LogP contribution in [0.5, 0.6) is 5.75 Å². The summed E-state index contributed by atoms with van der Waals surface area (Å²) in [4.78, 5) is 19.0. The smallest absolute Gasteiger partial charge is 0.269 e. The second-order valence-electron chi connectivity index (χ2n) is 6.00. The number of rotatable bonds is 5. The molecule has 5 heteroatoms. The predicted molar refractivity (Wildman–Crippen MR) is 103 cm³/mol. The fourth-order valence-electron chi connectivity index (χ4n) is 2.56. The van der Waals surface area contributed by atoms with Gasteiger partial charge in [-0.05, 0) is 31.5 Å². The number of carbonyl (C=O) groups is 1. The van der Waals surface area contributed by atoms with E-state index in [4.69, 9.17) is 4.74 Å². The van der Waals surface area contributed by atoms with Crippen LogP contribution in [-0.4, -0.2) is 35.2 Å². The molecule has 0 radical (unpaired) electrons. The Labute approximate surface area is 152 Å². The number of hydrogen-bond acceptors (Lipinski definition) is 4. The lowest BCUT2D eigenvalue weighted by atomic mass is 10.2. The lowest BCUT2D eigenvalue weighted by Gasteiger charge is -2.22. The monoisotopic (exact) mass is 354 g/mol. The first kappa shape index (κ1) is 17.5. The molecule has 0 aromatic heterocycles. The highest BCUT2D eigenvalue weighted by Crippen LogP contribution is 2.21. The van der Waals surface area contributed by atoms with Crippen LogP contribution in [0.2, 0.25) is 0 Å². The lowest BCUT2D eigenvalue weighted by molar-refractivity contribution is -0.133. The van der Waals surface area contributed by atoms with Crippen LogP contribution in [-0.2, 0) is 10.5 Å². The molecular formula is C20H22N2O2S. The molecule has 4 nitrogen and oxygen atoms in total. The van der Waals surface area contributed by atoms with E-state index in [2.05, 4.69) is 36.2 Å². The molecule has 0 unspecified atom stereocenters. The van der Waals surface area contributed by atoms with Gasteiger partial charge in [0.1, 0.15) is 5.75 Å². The molecule has 1 heterocycles. The molecule has 1 aliphatic rings. The molecule has 0 N–H and O–H groups in total. The minimum absolute atomic E-state index is 0.0449. The van der Waals surface area contributed by atoms with Crippen LogP contribution in [0, 0.1) is 6.92 Å². The van der Waals surface area contributed by atoms with Gasteiger partial charge in [0, 0.05) is 12.3 Å². The molecule has 0 saturated heterocycles. The minimum atomic E-state index is -0.536. The van der Waals surface area contributed by atoms with E-state index < -0.39 is 6.10 Å². The maximum atomic E-state index is 12.7. The van der Waals surface area contributed by atoms with Gasteiger partial charge >= 0.3 is 0 Å². The lowest BCUT2D eigenvalue weighted by Crippen LogP contribution is -2.41. The van der Waals surface area contributed by atoms with Crippen molar-refractivity contribution in [3.8, 4) is 5.75 Å². The molecule has 1 aliphatic heterocycles. The van der Waals surface area contributed by atoms with Gasteiger partial charge in [0.25, 0.3) is 5.91 Å². The number of aryl methyl sites for hydroxylation is 1. The highest BCUT2D eigenvalue weighted by atomic mass is 32.2. The van der Waals surface area contributed by atoms with Crippen LogP contribution >= 0.6 is 11.8 Å². The topological polar surface area (TPSA) is 41.9 Å². The average molecular weight is 354 g/mol. The summed E-state index contributed by atoms with van der Waals surface area (Å²) >= 11 is 1.60. The Morgan fingerprint density at radius 2 is 1.92 bits per heavy atom. The minimum Gasteiger partial charge on any atom is -0.481 e. The fraction of sp³-hybridized carbons (Fsp3) is 0.300. The number of hydrogen-bond donors (Lipinski definition) is 0. The number of amides is 1. The van der Waals surface area contributed by atoms with Gasteiger partial charge in [0.2, 0.25) is 0 Å².